The predicted octanol–water partition coefficient (Wildman–Crippen LogP) is 4.87. The first-order valence-corrected chi connectivity index (χ1v) is 9.41. The Labute approximate surface area is 148 Å². The minimum absolute atomic E-state index is 0.0633. The lowest BCUT2D eigenvalue weighted by molar-refractivity contribution is -0.139. The van der Waals surface area contributed by atoms with Crippen molar-refractivity contribution < 1.29 is 14.6 Å². The van der Waals surface area contributed by atoms with Crippen molar-refractivity contribution in [2.75, 3.05) is 12.4 Å². The normalized spacial score (nSPS) is 18.4. The summed E-state index contributed by atoms with van der Waals surface area (Å²) in [6, 6.07) is 5.90. The van der Waals surface area contributed by atoms with Crippen molar-refractivity contribution in [2.24, 2.45) is 10.9 Å². The molecule has 0 atom stereocenters. The second-order valence-electron chi connectivity index (χ2n) is 5.84. The second-order valence-corrected chi connectivity index (χ2v) is 6.80. The zero-order valence-corrected chi connectivity index (χ0v) is 15.6. The molecule has 1 heterocycles. The van der Waals surface area contributed by atoms with Gasteiger partial charge in [-0.3, -0.25) is 0 Å². The van der Waals surface area contributed by atoms with Gasteiger partial charge in [-0.1, -0.05) is 31.7 Å². The van der Waals surface area contributed by atoms with Gasteiger partial charge in [0.05, 0.1) is 18.0 Å². The van der Waals surface area contributed by atoms with Gasteiger partial charge in [0, 0.05) is 0 Å². The van der Waals surface area contributed by atoms with Crippen LogP contribution in [0.1, 0.15) is 37.8 Å². The Kier molecular flexibility index (Phi) is 6.49. The maximum atomic E-state index is 12.2. The van der Waals surface area contributed by atoms with Crippen LogP contribution in [0.3, 0.4) is 0 Å². The summed E-state index contributed by atoms with van der Waals surface area (Å²) in [5.41, 5.74) is 3.36. The molecule has 24 heavy (non-hydrogen) atoms. The molecule has 1 fully saturated rings. The molecule has 3 rings (SSSR count). The minimum Gasteiger partial charge on any atom is -0.510 e. The van der Waals surface area contributed by atoms with Gasteiger partial charge in [-0.05, 0) is 55.9 Å². The molecule has 1 aromatic carbocycles. The molecule has 1 N–H and O–H groups in total. The van der Waals surface area contributed by atoms with Crippen molar-refractivity contribution in [1.29, 1.82) is 0 Å². The number of hydrogen-bond acceptors (Lipinski definition) is 5. The molecule has 1 aliphatic carbocycles. The molecule has 1 aliphatic heterocycles. The lowest BCUT2D eigenvalue weighted by atomic mass is 10.1. The SMILES string of the molecule is CC.Cc1ccc(N=C2SCC(O)=C2C(=O)OCC2CC2)cc1C. The first-order valence-electron chi connectivity index (χ1n) is 8.43. The van der Waals surface area contributed by atoms with E-state index in [0.29, 0.717) is 23.3 Å². The predicted molar refractivity (Wildman–Crippen MR) is 100 cm³/mol. The van der Waals surface area contributed by atoms with Gasteiger partial charge in [0.25, 0.3) is 0 Å². The number of benzene rings is 1. The Morgan fingerprint density at radius 3 is 2.62 bits per heavy atom. The third-order valence-electron chi connectivity index (χ3n) is 3.92. The quantitative estimate of drug-likeness (QED) is 0.789. The third-order valence-corrected chi connectivity index (χ3v) is 4.91. The number of ether oxygens (including phenoxy) is 1. The molecule has 0 bridgehead atoms. The lowest BCUT2D eigenvalue weighted by Crippen LogP contribution is -2.14. The molecule has 4 nitrogen and oxygen atoms in total. The largest absolute Gasteiger partial charge is 0.510 e. The highest BCUT2D eigenvalue weighted by molar-refractivity contribution is 8.15. The summed E-state index contributed by atoms with van der Waals surface area (Å²) in [4.78, 5) is 16.7. The van der Waals surface area contributed by atoms with Crippen LogP contribution in [-0.2, 0) is 9.53 Å². The number of thioether (sulfide) groups is 1. The van der Waals surface area contributed by atoms with E-state index in [1.54, 1.807) is 0 Å². The number of carbonyl (C=O) groups is 1. The third kappa shape index (κ3) is 4.63. The van der Waals surface area contributed by atoms with Crippen LogP contribution < -0.4 is 0 Å². The van der Waals surface area contributed by atoms with Gasteiger partial charge in [-0.2, -0.15) is 0 Å². The van der Waals surface area contributed by atoms with Crippen LogP contribution >= 0.6 is 11.8 Å². The molecule has 5 heteroatoms. The molecule has 0 amide bonds. The fourth-order valence-electron chi connectivity index (χ4n) is 2.16. The summed E-state index contributed by atoms with van der Waals surface area (Å²) >= 11 is 1.37. The van der Waals surface area contributed by atoms with E-state index in [4.69, 9.17) is 4.74 Å². The summed E-state index contributed by atoms with van der Waals surface area (Å²) < 4.78 is 5.28. The minimum atomic E-state index is -0.461. The molecular weight excluding hydrogens is 322 g/mol. The Morgan fingerprint density at radius 1 is 1.29 bits per heavy atom. The summed E-state index contributed by atoms with van der Waals surface area (Å²) in [6.45, 7) is 8.51. The van der Waals surface area contributed by atoms with E-state index in [9.17, 15) is 9.90 Å². The van der Waals surface area contributed by atoms with E-state index < -0.39 is 5.97 Å². The molecule has 0 spiro atoms. The van der Waals surface area contributed by atoms with E-state index in [1.165, 1.54) is 17.3 Å². The van der Waals surface area contributed by atoms with Crippen molar-refractivity contribution in [3.8, 4) is 0 Å². The first-order chi connectivity index (χ1) is 11.5. The van der Waals surface area contributed by atoms with Crippen LogP contribution in [0.15, 0.2) is 34.5 Å². The van der Waals surface area contributed by atoms with Crippen LogP contribution in [0.4, 0.5) is 5.69 Å². The molecule has 0 unspecified atom stereocenters. The highest BCUT2D eigenvalue weighted by Crippen LogP contribution is 2.32. The van der Waals surface area contributed by atoms with Gasteiger partial charge in [0.1, 0.15) is 16.4 Å². The van der Waals surface area contributed by atoms with Crippen molar-refractivity contribution in [1.82, 2.24) is 0 Å². The number of hydrogen-bond donors (Lipinski definition) is 1. The van der Waals surface area contributed by atoms with Crippen LogP contribution in [-0.4, -0.2) is 28.5 Å². The molecule has 1 saturated carbocycles. The zero-order chi connectivity index (χ0) is 17.7. The number of rotatable bonds is 4. The number of nitrogens with zero attached hydrogens (tertiary/aromatic N) is 1. The average Bonchev–Trinajstić information content (AvgIpc) is 3.34. The molecule has 0 aromatic heterocycles. The Bertz CT molecular complexity index is 675. The van der Waals surface area contributed by atoms with E-state index in [-0.39, 0.29) is 11.3 Å². The Balaban J connectivity index is 0.00000100. The van der Waals surface area contributed by atoms with E-state index in [0.717, 1.165) is 24.1 Å². The maximum absolute atomic E-state index is 12.2. The number of aliphatic hydroxyl groups excluding tert-OH is 1. The molecular formula is C19H25NO3S. The number of aliphatic imine (C=N–C) groups is 1. The van der Waals surface area contributed by atoms with Crippen molar-refractivity contribution in [3.05, 3.63) is 40.7 Å². The fourth-order valence-corrected chi connectivity index (χ4v) is 3.09. The van der Waals surface area contributed by atoms with E-state index >= 15 is 0 Å². The maximum Gasteiger partial charge on any atom is 0.344 e. The number of aryl methyl sites for hydroxylation is 2. The van der Waals surface area contributed by atoms with Gasteiger partial charge in [-0.15, -0.1) is 0 Å². The van der Waals surface area contributed by atoms with Crippen LogP contribution in [0.2, 0.25) is 0 Å². The highest BCUT2D eigenvalue weighted by atomic mass is 32.2. The molecule has 0 saturated heterocycles. The molecule has 130 valence electrons. The number of aliphatic hydroxyl groups is 1. The van der Waals surface area contributed by atoms with Crippen molar-refractivity contribution >= 4 is 28.5 Å². The van der Waals surface area contributed by atoms with E-state index in [2.05, 4.69) is 4.99 Å². The zero-order valence-electron chi connectivity index (χ0n) is 14.8. The summed E-state index contributed by atoms with van der Waals surface area (Å²) in [6.07, 6.45) is 2.24. The Morgan fingerprint density at radius 2 is 2.00 bits per heavy atom. The number of carbonyl (C=O) groups excluding carboxylic acids is 1. The monoisotopic (exact) mass is 347 g/mol. The van der Waals surface area contributed by atoms with Crippen LogP contribution in [0.25, 0.3) is 0 Å². The Hall–Kier alpha value is -1.75. The number of esters is 1. The molecule has 1 aromatic rings. The van der Waals surface area contributed by atoms with Gasteiger partial charge < -0.3 is 9.84 Å². The van der Waals surface area contributed by atoms with Crippen molar-refractivity contribution in [2.45, 2.75) is 40.5 Å². The highest BCUT2D eigenvalue weighted by Gasteiger charge is 2.31. The van der Waals surface area contributed by atoms with Crippen LogP contribution in [0, 0.1) is 19.8 Å². The standard InChI is InChI=1S/C17H19NO3S.C2H6/c1-10-3-6-13(7-11(10)2)18-16-15(14(19)9-22-16)17(20)21-8-12-4-5-12;1-2/h3,6-7,12,19H,4-5,8-9H2,1-2H3;1-2H3. The topological polar surface area (TPSA) is 58.9 Å². The molecule has 0 radical (unpaired) electrons. The summed E-state index contributed by atoms with van der Waals surface area (Å²) in [5, 5.41) is 10.5. The molecule has 2 aliphatic rings. The fraction of sp³-hybridized carbons (Fsp3) is 0.474. The summed E-state index contributed by atoms with van der Waals surface area (Å²) in [5.74, 6) is 0.476. The first kappa shape index (κ1) is 18.6. The second kappa shape index (κ2) is 8.38. The summed E-state index contributed by atoms with van der Waals surface area (Å²) in [7, 11) is 0. The van der Waals surface area contributed by atoms with Crippen LogP contribution in [0.5, 0.6) is 0 Å². The average molecular weight is 347 g/mol. The van der Waals surface area contributed by atoms with Crippen molar-refractivity contribution in [3.63, 3.8) is 0 Å². The lowest BCUT2D eigenvalue weighted by Gasteiger charge is -2.06. The van der Waals surface area contributed by atoms with E-state index in [1.807, 2.05) is 45.9 Å². The van der Waals surface area contributed by atoms with Gasteiger partial charge in [0.2, 0.25) is 0 Å². The van der Waals surface area contributed by atoms with Gasteiger partial charge >= 0.3 is 5.97 Å². The van der Waals surface area contributed by atoms with Gasteiger partial charge in [-0.25, -0.2) is 9.79 Å². The smallest absolute Gasteiger partial charge is 0.344 e. The van der Waals surface area contributed by atoms with Gasteiger partial charge in [0.15, 0.2) is 0 Å².